The highest BCUT2D eigenvalue weighted by Crippen LogP contribution is 2.26. The Morgan fingerprint density at radius 2 is 1.66 bits per heavy atom. The third-order valence-corrected chi connectivity index (χ3v) is 8.82. The van der Waals surface area contributed by atoms with Gasteiger partial charge >= 0.3 is 6.03 Å². The van der Waals surface area contributed by atoms with E-state index in [-0.39, 0.29) is 18.2 Å². The second kappa shape index (κ2) is 16.7. The van der Waals surface area contributed by atoms with Crippen LogP contribution < -0.4 is 20.8 Å². The molecule has 1 aromatic heterocycles. The maximum absolute atomic E-state index is 13.4. The number of piperazine rings is 1. The van der Waals surface area contributed by atoms with Crippen LogP contribution in [0.15, 0.2) is 108 Å². The number of halogens is 1. The highest BCUT2D eigenvalue weighted by molar-refractivity contribution is 7.13. The van der Waals surface area contributed by atoms with Gasteiger partial charge in [-0.2, -0.15) is 5.10 Å². The van der Waals surface area contributed by atoms with Crippen LogP contribution in [-0.2, 0) is 17.9 Å². The number of urea groups is 1. The van der Waals surface area contributed by atoms with Crippen molar-refractivity contribution in [1.82, 2.24) is 20.2 Å². The number of hydrogen-bond donors (Lipinski definition) is 4. The summed E-state index contributed by atoms with van der Waals surface area (Å²) in [4.78, 5) is 34.0. The van der Waals surface area contributed by atoms with E-state index in [0.717, 1.165) is 48.0 Å². The number of thiazole rings is 1. The molecule has 0 unspecified atom stereocenters. The first-order valence-corrected chi connectivity index (χ1v) is 16.9. The highest BCUT2D eigenvalue weighted by Gasteiger charge is 2.20. The van der Waals surface area contributed by atoms with Crippen molar-refractivity contribution in [3.8, 4) is 22.1 Å². The number of carbonyl (C=O) groups excluding carboxylic acids is 2. The van der Waals surface area contributed by atoms with Crippen LogP contribution >= 0.6 is 11.3 Å². The van der Waals surface area contributed by atoms with Crippen molar-refractivity contribution in [1.29, 1.82) is 0 Å². The Bertz CT molecular complexity index is 1930. The second-order valence-electron chi connectivity index (χ2n) is 11.7. The maximum Gasteiger partial charge on any atom is 0.323 e. The minimum Gasteiger partial charge on any atom is -0.507 e. The third-order valence-electron chi connectivity index (χ3n) is 7.88. The number of phenolic OH excluding ortho intramolecular Hbond substituents is 1. The van der Waals surface area contributed by atoms with Crippen LogP contribution in [-0.4, -0.2) is 70.8 Å². The summed E-state index contributed by atoms with van der Waals surface area (Å²) in [5.74, 6) is -0.0358. The molecule has 0 spiro atoms. The summed E-state index contributed by atoms with van der Waals surface area (Å²) in [5, 5.41) is 22.6. The first kappa shape index (κ1) is 34.2. The molecule has 50 heavy (non-hydrogen) atoms. The summed E-state index contributed by atoms with van der Waals surface area (Å²) in [6.45, 7) is 4.38. The molecule has 1 aliphatic rings. The fourth-order valence-corrected chi connectivity index (χ4v) is 6.10. The molecular weight excluding hydrogens is 658 g/mol. The van der Waals surface area contributed by atoms with E-state index in [2.05, 4.69) is 36.3 Å². The molecule has 6 rings (SSSR count). The molecule has 5 aromatic rings. The lowest BCUT2D eigenvalue weighted by Gasteiger charge is -2.33. The Hall–Kier alpha value is -5.63. The molecule has 4 N–H and O–H groups in total. The Morgan fingerprint density at radius 3 is 2.44 bits per heavy atom. The number of benzene rings is 4. The SMILES string of the molecule is O=C(CN1CCN(Cc2csc(-c3ccc(NC(=O)Nc4cccc(F)c4)cc3)n2)CC1)N/N=C/c1cc(OCc2ccccc2)ccc1O. The average molecular weight is 694 g/mol. The normalized spacial score (nSPS) is 13.6. The number of phenols is 1. The molecule has 1 fully saturated rings. The minimum absolute atomic E-state index is 0.0368. The molecule has 0 aliphatic carbocycles. The zero-order valence-corrected chi connectivity index (χ0v) is 27.9. The first-order chi connectivity index (χ1) is 24.4. The van der Waals surface area contributed by atoms with Crippen molar-refractivity contribution in [2.24, 2.45) is 5.10 Å². The topological polar surface area (TPSA) is 131 Å². The number of nitrogens with zero attached hydrogens (tertiary/aromatic N) is 4. The average Bonchev–Trinajstić information content (AvgIpc) is 3.58. The van der Waals surface area contributed by atoms with Crippen molar-refractivity contribution < 1.29 is 23.8 Å². The standard InChI is InChI=1S/C37H36FN7O4S/c38-29-7-4-8-31(20-29)42-37(48)41-30-11-9-27(10-12-30)36-40-32(25-50-36)22-44-15-17-45(18-16-44)23-35(47)43-39-21-28-19-33(13-14-34(28)46)49-24-26-5-2-1-3-6-26/h1-14,19-21,25,46H,15-18,22-24H2,(H,43,47)(H2,41,42,48)/b39-21+. The van der Waals surface area contributed by atoms with E-state index >= 15 is 0 Å². The number of aromatic nitrogens is 1. The Kier molecular flexibility index (Phi) is 11.4. The number of ether oxygens (including phenoxy) is 1. The van der Waals surface area contributed by atoms with E-state index in [1.54, 1.807) is 41.7 Å². The molecular formula is C37H36FN7O4S. The van der Waals surface area contributed by atoms with Crippen molar-refractivity contribution in [2.75, 3.05) is 43.4 Å². The zero-order chi connectivity index (χ0) is 34.7. The number of rotatable bonds is 12. The van der Waals surface area contributed by atoms with Crippen LogP contribution in [0.1, 0.15) is 16.8 Å². The predicted molar refractivity (Wildman–Crippen MR) is 193 cm³/mol. The van der Waals surface area contributed by atoms with Gasteiger partial charge in [0.25, 0.3) is 5.91 Å². The summed E-state index contributed by atoms with van der Waals surface area (Å²) in [7, 11) is 0. The van der Waals surface area contributed by atoms with Crippen LogP contribution in [0.4, 0.5) is 20.6 Å². The number of hydrazone groups is 1. The molecule has 0 radical (unpaired) electrons. The van der Waals surface area contributed by atoms with E-state index < -0.39 is 11.8 Å². The van der Waals surface area contributed by atoms with Gasteiger partial charge in [0.05, 0.1) is 18.5 Å². The van der Waals surface area contributed by atoms with Crippen LogP contribution in [0.5, 0.6) is 11.5 Å². The van der Waals surface area contributed by atoms with E-state index in [4.69, 9.17) is 9.72 Å². The fraction of sp³-hybridized carbons (Fsp3) is 0.189. The molecule has 256 valence electrons. The number of carbonyl (C=O) groups is 2. The highest BCUT2D eigenvalue weighted by atomic mass is 32.1. The van der Waals surface area contributed by atoms with E-state index in [9.17, 15) is 19.1 Å². The van der Waals surface area contributed by atoms with E-state index in [1.807, 2.05) is 42.5 Å². The zero-order valence-electron chi connectivity index (χ0n) is 27.1. The lowest BCUT2D eigenvalue weighted by atomic mass is 10.2. The fourth-order valence-electron chi connectivity index (χ4n) is 5.28. The molecule has 1 aliphatic heterocycles. The quantitative estimate of drug-likeness (QED) is 0.0912. The lowest BCUT2D eigenvalue weighted by Crippen LogP contribution is -2.48. The van der Waals surface area contributed by atoms with Crippen LogP contribution in [0, 0.1) is 5.82 Å². The number of amides is 3. The van der Waals surface area contributed by atoms with Crippen molar-refractivity contribution in [3.63, 3.8) is 0 Å². The van der Waals surface area contributed by atoms with Crippen LogP contribution in [0.25, 0.3) is 10.6 Å². The van der Waals surface area contributed by atoms with Crippen LogP contribution in [0.2, 0.25) is 0 Å². The van der Waals surface area contributed by atoms with E-state index in [0.29, 0.717) is 35.8 Å². The molecule has 2 heterocycles. The van der Waals surface area contributed by atoms with Gasteiger partial charge in [-0.3, -0.25) is 14.6 Å². The van der Waals surface area contributed by atoms with E-state index in [1.165, 1.54) is 30.5 Å². The molecule has 13 heteroatoms. The van der Waals surface area contributed by atoms with Gasteiger partial charge in [0.15, 0.2) is 0 Å². The molecule has 0 atom stereocenters. The van der Waals surface area contributed by atoms with Gasteiger partial charge in [0, 0.05) is 60.6 Å². The molecule has 0 bridgehead atoms. The molecule has 4 aromatic carbocycles. The summed E-state index contributed by atoms with van der Waals surface area (Å²) in [5.41, 5.74) is 6.91. The molecule has 1 saturated heterocycles. The van der Waals surface area contributed by atoms with Gasteiger partial charge < -0.3 is 20.5 Å². The number of hydrogen-bond acceptors (Lipinski definition) is 9. The Labute approximate surface area is 293 Å². The molecule has 0 saturated carbocycles. The Balaban J connectivity index is 0.908. The number of anilines is 2. The summed E-state index contributed by atoms with van der Waals surface area (Å²) >= 11 is 1.56. The first-order valence-electron chi connectivity index (χ1n) is 16.0. The molecule has 11 nitrogen and oxygen atoms in total. The summed E-state index contributed by atoms with van der Waals surface area (Å²) in [6.07, 6.45) is 1.41. The van der Waals surface area contributed by atoms with Crippen molar-refractivity contribution in [3.05, 3.63) is 125 Å². The number of aromatic hydroxyl groups is 1. The minimum atomic E-state index is -0.460. The monoisotopic (exact) mass is 693 g/mol. The Morgan fingerprint density at radius 1 is 0.900 bits per heavy atom. The summed E-state index contributed by atoms with van der Waals surface area (Å²) < 4.78 is 19.2. The summed E-state index contributed by atoms with van der Waals surface area (Å²) in [6, 6.07) is 27.3. The molecule has 3 amide bonds. The largest absolute Gasteiger partial charge is 0.507 e. The van der Waals surface area contributed by atoms with Crippen LogP contribution in [0.3, 0.4) is 0 Å². The maximum atomic E-state index is 13.4. The lowest BCUT2D eigenvalue weighted by molar-refractivity contribution is -0.122. The van der Waals surface area contributed by atoms with Gasteiger partial charge in [0.1, 0.15) is 28.9 Å². The second-order valence-corrected chi connectivity index (χ2v) is 12.5. The van der Waals surface area contributed by atoms with Gasteiger partial charge in [-0.25, -0.2) is 19.6 Å². The van der Waals surface area contributed by atoms with Gasteiger partial charge in [0.2, 0.25) is 0 Å². The number of nitrogens with one attached hydrogen (secondary N) is 3. The van der Waals surface area contributed by atoms with Gasteiger partial charge in [-0.05, 0) is 66.2 Å². The van der Waals surface area contributed by atoms with Crippen molar-refractivity contribution in [2.45, 2.75) is 13.2 Å². The predicted octanol–water partition coefficient (Wildman–Crippen LogP) is 6.15. The third kappa shape index (κ3) is 9.95. The van der Waals surface area contributed by atoms with Crippen molar-refractivity contribution >= 4 is 40.9 Å². The van der Waals surface area contributed by atoms with Gasteiger partial charge in [-0.1, -0.05) is 36.4 Å². The smallest absolute Gasteiger partial charge is 0.323 e. The van der Waals surface area contributed by atoms with Gasteiger partial charge in [-0.15, -0.1) is 11.3 Å².